The second kappa shape index (κ2) is 13.1. The smallest absolute Gasteiger partial charge is 0.0543 e. The van der Waals surface area contributed by atoms with Gasteiger partial charge in [-0.25, -0.2) is 0 Å². The van der Waals surface area contributed by atoms with Gasteiger partial charge in [-0.3, -0.25) is 0 Å². The maximum atomic E-state index is 2.64. The van der Waals surface area contributed by atoms with E-state index in [-0.39, 0.29) is 5.41 Å². The third-order valence-corrected chi connectivity index (χ3v) is 13.4. The molecule has 0 spiro atoms. The number of hydrogen-bond acceptors (Lipinski definition) is 1. The van der Waals surface area contributed by atoms with Gasteiger partial charge in [0.15, 0.2) is 0 Å². The van der Waals surface area contributed by atoms with E-state index in [1.807, 2.05) is 0 Å². The van der Waals surface area contributed by atoms with Gasteiger partial charge >= 0.3 is 0 Å². The quantitative estimate of drug-likeness (QED) is 0.160. The standard InChI is InChI=1S/C55H47N/c1-55(2)52-23-13-12-22-47(52)50-34-51(49-32-40-17-7-9-19-44(40)45-20-10-11-21-46(45)49)54(35-53(50)55)56(41-29-26-37(27-30-41)36-14-4-3-5-15-36)42-31-28-39-25-24-38-16-6-8-18-43(38)48(39)33-42/h3-6,8,12-16,18,22-35H,7,9-11,17,19-21H2,1-2H3. The van der Waals surface area contributed by atoms with Crippen LogP contribution in [0.25, 0.3) is 54.9 Å². The molecule has 0 amide bonds. The molecule has 0 aromatic heterocycles. The molecule has 8 aromatic carbocycles. The fraction of sp³-hybridized carbons (Fsp3) is 0.200. The average molecular weight is 722 g/mol. The second-order valence-corrected chi connectivity index (χ2v) is 17.0. The fourth-order valence-corrected chi connectivity index (χ4v) is 10.6. The summed E-state index contributed by atoms with van der Waals surface area (Å²) in [5.41, 5.74) is 20.9. The first-order valence-electron chi connectivity index (χ1n) is 20.9. The van der Waals surface area contributed by atoms with Crippen molar-refractivity contribution in [1.82, 2.24) is 0 Å². The third-order valence-electron chi connectivity index (χ3n) is 13.4. The molecule has 0 saturated heterocycles. The number of anilines is 3. The maximum Gasteiger partial charge on any atom is 0.0543 e. The van der Waals surface area contributed by atoms with E-state index in [9.17, 15) is 0 Å². The normalized spacial score (nSPS) is 15.2. The van der Waals surface area contributed by atoms with Crippen molar-refractivity contribution in [3.8, 4) is 33.4 Å². The monoisotopic (exact) mass is 721 g/mol. The molecule has 0 unspecified atom stereocenters. The molecule has 0 radical (unpaired) electrons. The predicted octanol–water partition coefficient (Wildman–Crippen LogP) is 14.9. The Morgan fingerprint density at radius 3 is 1.89 bits per heavy atom. The van der Waals surface area contributed by atoms with Crippen LogP contribution in [-0.4, -0.2) is 0 Å². The molecular formula is C55H47N. The number of nitrogens with zero attached hydrogens (tertiary/aromatic N) is 1. The van der Waals surface area contributed by atoms with Gasteiger partial charge in [0.05, 0.1) is 5.69 Å². The number of aryl methyl sites for hydroxylation is 1. The van der Waals surface area contributed by atoms with E-state index in [1.54, 1.807) is 22.3 Å². The van der Waals surface area contributed by atoms with Crippen molar-refractivity contribution in [1.29, 1.82) is 0 Å². The van der Waals surface area contributed by atoms with Crippen LogP contribution in [-0.2, 0) is 31.1 Å². The second-order valence-electron chi connectivity index (χ2n) is 17.0. The van der Waals surface area contributed by atoms with E-state index in [1.165, 1.54) is 128 Å². The highest BCUT2D eigenvalue weighted by molar-refractivity contribution is 6.09. The topological polar surface area (TPSA) is 3.24 Å². The Morgan fingerprint density at radius 2 is 1.05 bits per heavy atom. The van der Waals surface area contributed by atoms with Crippen LogP contribution >= 0.6 is 0 Å². The van der Waals surface area contributed by atoms with Gasteiger partial charge in [0, 0.05) is 22.4 Å². The van der Waals surface area contributed by atoms with Crippen molar-refractivity contribution in [3.63, 3.8) is 0 Å². The number of benzene rings is 8. The van der Waals surface area contributed by atoms with Crippen LogP contribution in [0.5, 0.6) is 0 Å². The highest BCUT2D eigenvalue weighted by Crippen LogP contribution is 2.55. The Balaban J connectivity index is 1.22. The summed E-state index contributed by atoms with van der Waals surface area (Å²) in [6, 6.07) is 57.5. The van der Waals surface area contributed by atoms with Gasteiger partial charge in [-0.1, -0.05) is 129 Å². The summed E-state index contributed by atoms with van der Waals surface area (Å²) in [5.74, 6) is 0. The van der Waals surface area contributed by atoms with Gasteiger partial charge in [0.2, 0.25) is 0 Å². The summed E-state index contributed by atoms with van der Waals surface area (Å²) in [5, 5.41) is 5.12. The van der Waals surface area contributed by atoms with Crippen molar-refractivity contribution < 1.29 is 0 Å². The largest absolute Gasteiger partial charge is 0.310 e. The van der Waals surface area contributed by atoms with Crippen molar-refractivity contribution in [2.45, 2.75) is 70.6 Å². The molecule has 0 aliphatic heterocycles. The summed E-state index contributed by atoms with van der Waals surface area (Å²) < 4.78 is 0. The summed E-state index contributed by atoms with van der Waals surface area (Å²) in [4.78, 5) is 2.58. The molecule has 0 saturated carbocycles. The molecule has 0 atom stereocenters. The lowest BCUT2D eigenvalue weighted by Crippen LogP contribution is -2.18. The average Bonchev–Trinajstić information content (AvgIpc) is 3.48. The Bertz CT molecular complexity index is 2820. The lowest BCUT2D eigenvalue weighted by Gasteiger charge is -2.33. The molecule has 0 bridgehead atoms. The van der Waals surface area contributed by atoms with E-state index < -0.39 is 0 Å². The van der Waals surface area contributed by atoms with Crippen LogP contribution in [0.1, 0.15) is 72.9 Å². The van der Waals surface area contributed by atoms with Crippen molar-refractivity contribution >= 4 is 38.6 Å². The van der Waals surface area contributed by atoms with E-state index in [4.69, 9.17) is 0 Å². The Kier molecular flexibility index (Phi) is 7.82. The molecule has 3 aliphatic carbocycles. The van der Waals surface area contributed by atoms with Crippen LogP contribution in [0.3, 0.4) is 0 Å². The predicted molar refractivity (Wildman–Crippen MR) is 238 cm³/mol. The first-order valence-corrected chi connectivity index (χ1v) is 20.9. The lowest BCUT2D eigenvalue weighted by molar-refractivity contribution is 0.641. The summed E-state index contributed by atoms with van der Waals surface area (Å²) in [7, 11) is 0. The first kappa shape index (κ1) is 33.4. The zero-order chi connectivity index (χ0) is 37.4. The van der Waals surface area contributed by atoms with Gasteiger partial charge in [-0.2, -0.15) is 0 Å². The zero-order valence-electron chi connectivity index (χ0n) is 32.5. The number of rotatable bonds is 5. The van der Waals surface area contributed by atoms with Crippen LogP contribution in [0.4, 0.5) is 17.1 Å². The molecule has 3 aliphatic rings. The molecule has 8 aromatic rings. The molecule has 0 N–H and O–H groups in total. The summed E-state index contributed by atoms with van der Waals surface area (Å²) in [6.07, 6.45) is 9.96. The van der Waals surface area contributed by atoms with Crippen LogP contribution in [0, 0.1) is 0 Å². The van der Waals surface area contributed by atoms with E-state index in [2.05, 4.69) is 170 Å². The Morgan fingerprint density at radius 1 is 0.411 bits per heavy atom. The summed E-state index contributed by atoms with van der Waals surface area (Å²) >= 11 is 0. The molecular weight excluding hydrogens is 675 g/mol. The van der Waals surface area contributed by atoms with E-state index in [0.717, 1.165) is 6.42 Å². The number of hydrogen-bond donors (Lipinski definition) is 0. The van der Waals surface area contributed by atoms with Gasteiger partial charge < -0.3 is 4.90 Å². The Hall–Kier alpha value is -5.92. The molecule has 0 heterocycles. The van der Waals surface area contributed by atoms with E-state index >= 15 is 0 Å². The molecule has 56 heavy (non-hydrogen) atoms. The maximum absolute atomic E-state index is 2.64. The SMILES string of the molecule is CC1(C)c2ccccc2-c2cc(-c3cc4c(c5c3CCCC5)CCCC4)c(N(c3ccc(-c4ccccc4)cc3)c3ccc4ccc5ccccc5c4c3)cc21. The minimum absolute atomic E-state index is 0.128. The highest BCUT2D eigenvalue weighted by Gasteiger charge is 2.37. The van der Waals surface area contributed by atoms with Gasteiger partial charge in [-0.15, -0.1) is 0 Å². The highest BCUT2D eigenvalue weighted by atomic mass is 15.1. The van der Waals surface area contributed by atoms with Gasteiger partial charge in [-0.05, 0) is 171 Å². The molecule has 272 valence electrons. The minimum atomic E-state index is -0.128. The lowest BCUT2D eigenvalue weighted by atomic mass is 9.76. The minimum Gasteiger partial charge on any atom is -0.310 e. The van der Waals surface area contributed by atoms with Crippen molar-refractivity contribution in [2.75, 3.05) is 4.90 Å². The Labute approximate surface area is 331 Å². The fourth-order valence-electron chi connectivity index (χ4n) is 10.6. The molecule has 11 rings (SSSR count). The van der Waals surface area contributed by atoms with Crippen molar-refractivity contribution in [2.24, 2.45) is 0 Å². The number of fused-ring (bicyclic) bond motifs is 9. The first-order chi connectivity index (χ1) is 27.5. The van der Waals surface area contributed by atoms with Gasteiger partial charge in [0.1, 0.15) is 0 Å². The third kappa shape index (κ3) is 5.28. The van der Waals surface area contributed by atoms with Gasteiger partial charge in [0.25, 0.3) is 0 Å². The zero-order valence-corrected chi connectivity index (χ0v) is 32.5. The van der Waals surface area contributed by atoms with Crippen LogP contribution in [0.15, 0.2) is 152 Å². The van der Waals surface area contributed by atoms with E-state index in [0.29, 0.717) is 0 Å². The molecule has 0 fully saturated rings. The molecule has 1 nitrogen and oxygen atoms in total. The van der Waals surface area contributed by atoms with Crippen LogP contribution < -0.4 is 4.90 Å². The summed E-state index contributed by atoms with van der Waals surface area (Å²) in [6.45, 7) is 4.84. The van der Waals surface area contributed by atoms with Crippen molar-refractivity contribution in [3.05, 3.63) is 185 Å². The molecule has 1 heteroatoms. The van der Waals surface area contributed by atoms with Crippen LogP contribution in [0.2, 0.25) is 0 Å².